The van der Waals surface area contributed by atoms with Crippen molar-refractivity contribution in [1.29, 1.82) is 0 Å². The van der Waals surface area contributed by atoms with E-state index in [-0.39, 0.29) is 0 Å². The number of aldehydes is 2. The van der Waals surface area contributed by atoms with Gasteiger partial charge in [-0.05, 0) is 63.5 Å². The monoisotopic (exact) mass is 414 g/mol. The van der Waals surface area contributed by atoms with E-state index in [1.165, 1.54) is 6.42 Å². The maximum atomic E-state index is 10.9. The Bertz CT molecular complexity index is 531. The fourth-order valence-electron chi connectivity index (χ4n) is 5.46. The Labute approximate surface area is 184 Å². The summed E-state index contributed by atoms with van der Waals surface area (Å²) in [5.74, 6) is 3.52. The van der Waals surface area contributed by atoms with Crippen molar-refractivity contribution in [3.63, 3.8) is 0 Å². The second-order valence-corrected chi connectivity index (χ2v) is 8.99. The molecule has 168 valence electrons. The highest BCUT2D eigenvalue weighted by Crippen LogP contribution is 2.61. The molecule has 0 radical (unpaired) electrons. The molecule has 0 aromatic heterocycles. The minimum Gasteiger partial charge on any atom is -0.303 e. The molecule has 3 fully saturated rings. The number of carbonyl (C=O) groups is 2. The van der Waals surface area contributed by atoms with Gasteiger partial charge < -0.3 is 9.59 Å². The van der Waals surface area contributed by atoms with Crippen molar-refractivity contribution in [3.05, 3.63) is 50.6 Å². The molecular formula is C26H42N2O2. The zero-order chi connectivity index (χ0) is 22.5. The van der Waals surface area contributed by atoms with Gasteiger partial charge in [0.15, 0.2) is 0 Å². The number of nitrogens with zero attached hydrogens (tertiary/aromatic N) is 2. The summed E-state index contributed by atoms with van der Waals surface area (Å²) in [6.45, 7) is 18.2. The Kier molecular flexibility index (Phi) is 12.5. The molecule has 3 saturated carbocycles. The van der Waals surface area contributed by atoms with Gasteiger partial charge in [0, 0.05) is 38.0 Å². The summed E-state index contributed by atoms with van der Waals surface area (Å²) >= 11 is 0. The summed E-state index contributed by atoms with van der Waals surface area (Å²) in [7, 11) is 4.06. The van der Waals surface area contributed by atoms with Gasteiger partial charge in [0.1, 0.15) is 12.6 Å². The lowest BCUT2D eigenvalue weighted by molar-refractivity contribution is -0.113. The molecule has 4 heteroatoms. The smallest absolute Gasteiger partial charge is 0.123 e. The summed E-state index contributed by atoms with van der Waals surface area (Å²) in [6.07, 6.45) is 14.4. The van der Waals surface area contributed by atoms with E-state index in [0.717, 1.165) is 69.8 Å². The summed E-state index contributed by atoms with van der Waals surface area (Å²) in [5, 5.41) is 0. The molecule has 6 unspecified atom stereocenters. The van der Waals surface area contributed by atoms with Gasteiger partial charge in [-0.15, -0.1) is 26.3 Å². The lowest BCUT2D eigenvalue weighted by atomic mass is 9.76. The Morgan fingerprint density at radius 2 is 1.13 bits per heavy atom. The largest absolute Gasteiger partial charge is 0.303 e. The van der Waals surface area contributed by atoms with Gasteiger partial charge in [0.05, 0.1) is 0 Å². The van der Waals surface area contributed by atoms with Crippen molar-refractivity contribution in [2.24, 2.45) is 35.5 Å². The van der Waals surface area contributed by atoms with Crippen LogP contribution in [-0.4, -0.2) is 62.6 Å². The van der Waals surface area contributed by atoms with Crippen LogP contribution >= 0.6 is 0 Å². The maximum absolute atomic E-state index is 10.9. The number of carbonyl (C=O) groups excluding carboxylic acids is 2. The standard InChI is InChI=1S/C12H16O2.2C7H13N/c13-5-7-1-10-8-3-9(6-14)11(4-8)12(10)2-7;2*1-4-6-8(3)7-5-2/h5-12H,1-4H2;2*4-5H,1-2,6-7H2,3H3. The predicted octanol–water partition coefficient (Wildman–Crippen LogP) is 4.26. The number of likely N-dealkylation sites (N-methyl/N-ethyl adjacent to an activating group) is 2. The zero-order valence-electron chi connectivity index (χ0n) is 19.1. The second-order valence-electron chi connectivity index (χ2n) is 8.99. The van der Waals surface area contributed by atoms with Crippen LogP contribution in [0.15, 0.2) is 50.6 Å². The number of hydrogen-bond acceptors (Lipinski definition) is 4. The van der Waals surface area contributed by atoms with E-state index >= 15 is 0 Å². The SMILES string of the molecule is C=CCN(C)CC=C.C=CCN(C)CC=C.O=CC1CC2C3CC(C=O)C(C3)C2C1. The Balaban J connectivity index is 0.000000245. The molecule has 0 amide bonds. The van der Waals surface area contributed by atoms with Gasteiger partial charge in [-0.25, -0.2) is 0 Å². The van der Waals surface area contributed by atoms with Gasteiger partial charge in [0.2, 0.25) is 0 Å². The Morgan fingerprint density at radius 1 is 0.667 bits per heavy atom. The minimum atomic E-state index is 0.306. The first kappa shape index (κ1) is 26.3. The van der Waals surface area contributed by atoms with Gasteiger partial charge in [0.25, 0.3) is 0 Å². The third kappa shape index (κ3) is 7.81. The lowest BCUT2D eigenvalue weighted by Crippen LogP contribution is -2.24. The predicted molar refractivity (Wildman–Crippen MR) is 127 cm³/mol. The van der Waals surface area contributed by atoms with Crippen LogP contribution in [0.3, 0.4) is 0 Å². The van der Waals surface area contributed by atoms with E-state index in [9.17, 15) is 9.59 Å². The molecule has 0 spiro atoms. The third-order valence-electron chi connectivity index (χ3n) is 6.69. The van der Waals surface area contributed by atoms with Crippen LogP contribution in [0, 0.1) is 35.5 Å². The Hall–Kier alpha value is -1.78. The minimum absolute atomic E-state index is 0.306. The fourth-order valence-corrected chi connectivity index (χ4v) is 5.46. The first-order chi connectivity index (χ1) is 14.4. The highest BCUT2D eigenvalue weighted by atomic mass is 16.1. The van der Waals surface area contributed by atoms with Crippen LogP contribution in [0.4, 0.5) is 0 Å². The van der Waals surface area contributed by atoms with Crippen molar-refractivity contribution in [1.82, 2.24) is 9.80 Å². The van der Waals surface area contributed by atoms with E-state index < -0.39 is 0 Å². The van der Waals surface area contributed by atoms with E-state index in [0.29, 0.717) is 23.7 Å². The van der Waals surface area contributed by atoms with Crippen molar-refractivity contribution < 1.29 is 9.59 Å². The molecule has 3 aliphatic rings. The number of rotatable bonds is 10. The molecule has 4 nitrogen and oxygen atoms in total. The van der Waals surface area contributed by atoms with Crippen molar-refractivity contribution >= 4 is 12.6 Å². The third-order valence-corrected chi connectivity index (χ3v) is 6.69. The average Bonchev–Trinajstić information content (AvgIpc) is 3.41. The second kappa shape index (κ2) is 14.3. The summed E-state index contributed by atoms with van der Waals surface area (Å²) in [4.78, 5) is 25.9. The van der Waals surface area contributed by atoms with Gasteiger partial charge in [-0.1, -0.05) is 24.3 Å². The molecule has 0 aromatic rings. The molecule has 0 heterocycles. The van der Waals surface area contributed by atoms with Gasteiger partial charge >= 0.3 is 0 Å². The van der Waals surface area contributed by atoms with Crippen LogP contribution in [0.1, 0.15) is 25.7 Å². The first-order valence-electron chi connectivity index (χ1n) is 11.2. The topological polar surface area (TPSA) is 40.6 Å². The lowest BCUT2D eigenvalue weighted by Gasteiger charge is -2.28. The Morgan fingerprint density at radius 3 is 1.53 bits per heavy atom. The van der Waals surface area contributed by atoms with Crippen LogP contribution in [-0.2, 0) is 9.59 Å². The molecule has 3 aliphatic carbocycles. The fraction of sp³-hybridized carbons (Fsp3) is 0.615. The maximum Gasteiger partial charge on any atom is 0.123 e. The summed E-state index contributed by atoms with van der Waals surface area (Å²) in [6, 6.07) is 0. The average molecular weight is 415 g/mol. The van der Waals surface area contributed by atoms with Crippen molar-refractivity contribution in [2.45, 2.75) is 25.7 Å². The molecule has 2 bridgehead atoms. The molecule has 0 aromatic carbocycles. The highest BCUT2D eigenvalue weighted by molar-refractivity contribution is 5.57. The first-order valence-corrected chi connectivity index (χ1v) is 11.2. The molecular weight excluding hydrogens is 372 g/mol. The summed E-state index contributed by atoms with van der Waals surface area (Å²) in [5.41, 5.74) is 0. The zero-order valence-corrected chi connectivity index (χ0v) is 19.1. The number of hydrogen-bond donors (Lipinski definition) is 0. The normalized spacial score (nSPS) is 30.4. The van der Waals surface area contributed by atoms with Crippen LogP contribution in [0.2, 0.25) is 0 Å². The molecule has 6 atom stereocenters. The van der Waals surface area contributed by atoms with Crippen LogP contribution in [0.25, 0.3) is 0 Å². The van der Waals surface area contributed by atoms with Gasteiger partial charge in [-0.3, -0.25) is 9.80 Å². The van der Waals surface area contributed by atoms with E-state index in [1.807, 2.05) is 38.4 Å². The summed E-state index contributed by atoms with van der Waals surface area (Å²) < 4.78 is 0. The van der Waals surface area contributed by atoms with E-state index in [4.69, 9.17) is 0 Å². The molecule has 30 heavy (non-hydrogen) atoms. The molecule has 0 N–H and O–H groups in total. The number of fused-ring (bicyclic) bond motifs is 5. The van der Waals surface area contributed by atoms with Crippen molar-refractivity contribution in [3.8, 4) is 0 Å². The van der Waals surface area contributed by atoms with Crippen molar-refractivity contribution in [2.75, 3.05) is 40.3 Å². The van der Waals surface area contributed by atoms with E-state index in [1.54, 1.807) is 0 Å². The quantitative estimate of drug-likeness (QED) is 0.396. The molecule has 0 aliphatic heterocycles. The van der Waals surface area contributed by atoms with Gasteiger partial charge in [-0.2, -0.15) is 0 Å². The van der Waals surface area contributed by atoms with Crippen LogP contribution in [0.5, 0.6) is 0 Å². The van der Waals surface area contributed by atoms with E-state index in [2.05, 4.69) is 36.1 Å². The molecule has 3 rings (SSSR count). The van der Waals surface area contributed by atoms with Crippen LogP contribution < -0.4 is 0 Å². The molecule has 0 saturated heterocycles. The highest BCUT2D eigenvalue weighted by Gasteiger charge is 2.55.